The molecule has 2 N–H and O–H groups in total. The third-order valence-electron chi connectivity index (χ3n) is 3.46. The maximum absolute atomic E-state index is 11.5. The van der Waals surface area contributed by atoms with E-state index in [0.717, 1.165) is 19.4 Å². The number of amides is 1. The summed E-state index contributed by atoms with van der Waals surface area (Å²) in [5.74, 6) is -0.0445. The van der Waals surface area contributed by atoms with Crippen molar-refractivity contribution in [3.8, 4) is 0 Å². The Balaban J connectivity index is 1.96. The van der Waals surface area contributed by atoms with Gasteiger partial charge in [0.25, 0.3) is 5.91 Å². The standard InChI is InChI=1S/C17H22N2OS/c1-3-5-15(16-6-4-11-21-16)19-12-13-7-9-14(10-8-13)17(20)18-2/h4,6-11,15,19H,3,5,12H2,1-2H3,(H,18,20). The van der Waals surface area contributed by atoms with Crippen molar-refractivity contribution < 1.29 is 4.79 Å². The average molecular weight is 302 g/mol. The zero-order valence-electron chi connectivity index (χ0n) is 12.6. The van der Waals surface area contributed by atoms with E-state index in [9.17, 15) is 4.79 Å². The lowest BCUT2D eigenvalue weighted by molar-refractivity contribution is 0.0963. The second-order valence-corrected chi connectivity index (χ2v) is 5.99. The zero-order chi connectivity index (χ0) is 15.1. The van der Waals surface area contributed by atoms with E-state index in [-0.39, 0.29) is 5.91 Å². The van der Waals surface area contributed by atoms with E-state index >= 15 is 0 Å². The van der Waals surface area contributed by atoms with Crippen molar-refractivity contribution in [2.75, 3.05) is 7.05 Å². The van der Waals surface area contributed by atoms with Gasteiger partial charge in [0.1, 0.15) is 0 Å². The second-order valence-electron chi connectivity index (χ2n) is 5.01. The molecule has 1 aromatic carbocycles. The van der Waals surface area contributed by atoms with E-state index < -0.39 is 0 Å². The number of thiophene rings is 1. The predicted octanol–water partition coefficient (Wildman–Crippen LogP) is 3.74. The third kappa shape index (κ3) is 4.41. The van der Waals surface area contributed by atoms with Crippen LogP contribution in [0, 0.1) is 0 Å². The molecule has 2 rings (SSSR count). The molecule has 1 amide bonds. The van der Waals surface area contributed by atoms with Crippen LogP contribution >= 0.6 is 11.3 Å². The lowest BCUT2D eigenvalue weighted by atomic mass is 10.1. The Labute approximate surface area is 130 Å². The lowest BCUT2D eigenvalue weighted by Gasteiger charge is -2.17. The summed E-state index contributed by atoms with van der Waals surface area (Å²) in [6.45, 7) is 3.02. The van der Waals surface area contributed by atoms with Gasteiger partial charge >= 0.3 is 0 Å². The van der Waals surface area contributed by atoms with Crippen molar-refractivity contribution in [1.29, 1.82) is 0 Å². The van der Waals surface area contributed by atoms with E-state index in [0.29, 0.717) is 11.6 Å². The first-order chi connectivity index (χ1) is 10.2. The molecule has 1 unspecified atom stereocenters. The van der Waals surface area contributed by atoms with Crippen molar-refractivity contribution in [3.63, 3.8) is 0 Å². The molecular weight excluding hydrogens is 280 g/mol. The smallest absolute Gasteiger partial charge is 0.251 e. The monoisotopic (exact) mass is 302 g/mol. The molecule has 0 fully saturated rings. The van der Waals surface area contributed by atoms with Crippen LogP contribution in [0.25, 0.3) is 0 Å². The van der Waals surface area contributed by atoms with Crippen LogP contribution in [-0.4, -0.2) is 13.0 Å². The number of carbonyl (C=O) groups is 1. The summed E-state index contributed by atoms with van der Waals surface area (Å²) < 4.78 is 0. The first-order valence-electron chi connectivity index (χ1n) is 7.32. The van der Waals surface area contributed by atoms with Gasteiger partial charge in [-0.2, -0.15) is 0 Å². The molecule has 3 nitrogen and oxygen atoms in total. The topological polar surface area (TPSA) is 41.1 Å². The van der Waals surface area contributed by atoms with Crippen molar-refractivity contribution in [2.24, 2.45) is 0 Å². The highest BCUT2D eigenvalue weighted by atomic mass is 32.1. The van der Waals surface area contributed by atoms with E-state index in [1.807, 2.05) is 24.3 Å². The minimum atomic E-state index is -0.0445. The van der Waals surface area contributed by atoms with Gasteiger partial charge in [0.2, 0.25) is 0 Å². The first kappa shape index (κ1) is 15.7. The van der Waals surface area contributed by atoms with Gasteiger partial charge < -0.3 is 10.6 Å². The number of benzene rings is 1. The summed E-state index contributed by atoms with van der Waals surface area (Å²) in [6, 6.07) is 12.5. The highest BCUT2D eigenvalue weighted by molar-refractivity contribution is 7.10. The Kier molecular flexibility index (Phi) is 5.96. The van der Waals surface area contributed by atoms with Gasteiger partial charge in [0.05, 0.1) is 0 Å². The molecule has 0 aliphatic carbocycles. The molecule has 0 saturated heterocycles. The minimum Gasteiger partial charge on any atom is -0.355 e. The van der Waals surface area contributed by atoms with Crippen LogP contribution in [0.5, 0.6) is 0 Å². The summed E-state index contributed by atoms with van der Waals surface area (Å²) in [5.41, 5.74) is 1.89. The molecule has 0 saturated carbocycles. The Morgan fingerprint density at radius 2 is 2.00 bits per heavy atom. The van der Waals surface area contributed by atoms with Gasteiger partial charge in [-0.1, -0.05) is 31.5 Å². The summed E-state index contributed by atoms with van der Waals surface area (Å²) in [4.78, 5) is 12.9. The van der Waals surface area contributed by atoms with Gasteiger partial charge in [0, 0.05) is 30.1 Å². The molecule has 0 aliphatic heterocycles. The maximum Gasteiger partial charge on any atom is 0.251 e. The Morgan fingerprint density at radius 3 is 2.57 bits per heavy atom. The Bertz CT molecular complexity index is 549. The van der Waals surface area contributed by atoms with E-state index in [2.05, 4.69) is 35.1 Å². The van der Waals surface area contributed by atoms with Crippen LogP contribution in [0.4, 0.5) is 0 Å². The van der Waals surface area contributed by atoms with Gasteiger partial charge in [-0.25, -0.2) is 0 Å². The van der Waals surface area contributed by atoms with Crippen LogP contribution in [0.15, 0.2) is 41.8 Å². The summed E-state index contributed by atoms with van der Waals surface area (Å²) >= 11 is 1.80. The molecule has 21 heavy (non-hydrogen) atoms. The minimum absolute atomic E-state index is 0.0445. The summed E-state index contributed by atoms with van der Waals surface area (Å²) in [6.07, 6.45) is 2.29. The SMILES string of the molecule is CCCC(NCc1ccc(C(=O)NC)cc1)c1cccs1. The van der Waals surface area contributed by atoms with Crippen LogP contribution in [0.3, 0.4) is 0 Å². The van der Waals surface area contributed by atoms with Crippen LogP contribution < -0.4 is 10.6 Å². The Hall–Kier alpha value is -1.65. The number of nitrogens with one attached hydrogen (secondary N) is 2. The van der Waals surface area contributed by atoms with Gasteiger partial charge in [-0.3, -0.25) is 4.79 Å². The van der Waals surface area contributed by atoms with Crippen LogP contribution in [-0.2, 0) is 6.54 Å². The molecule has 1 aromatic heterocycles. The number of hydrogen-bond acceptors (Lipinski definition) is 3. The highest BCUT2D eigenvalue weighted by Crippen LogP contribution is 2.23. The van der Waals surface area contributed by atoms with Gasteiger partial charge in [-0.15, -0.1) is 11.3 Å². The molecular formula is C17H22N2OS. The van der Waals surface area contributed by atoms with Crippen molar-refractivity contribution in [3.05, 3.63) is 57.8 Å². The molecule has 0 aliphatic rings. The molecule has 4 heteroatoms. The van der Waals surface area contributed by atoms with Crippen molar-refractivity contribution in [2.45, 2.75) is 32.4 Å². The lowest BCUT2D eigenvalue weighted by Crippen LogP contribution is -2.20. The van der Waals surface area contributed by atoms with E-state index in [4.69, 9.17) is 0 Å². The van der Waals surface area contributed by atoms with Crippen LogP contribution in [0.1, 0.15) is 46.6 Å². The molecule has 1 atom stereocenters. The number of carbonyl (C=O) groups excluding carboxylic acids is 1. The molecule has 0 bridgehead atoms. The van der Waals surface area contributed by atoms with Crippen molar-refractivity contribution >= 4 is 17.2 Å². The second kappa shape index (κ2) is 7.96. The largest absolute Gasteiger partial charge is 0.355 e. The fourth-order valence-corrected chi connectivity index (χ4v) is 3.12. The van der Waals surface area contributed by atoms with E-state index in [1.165, 1.54) is 10.4 Å². The molecule has 2 aromatic rings. The van der Waals surface area contributed by atoms with E-state index in [1.54, 1.807) is 18.4 Å². The normalized spacial score (nSPS) is 12.1. The van der Waals surface area contributed by atoms with Gasteiger partial charge in [-0.05, 0) is 35.6 Å². The highest BCUT2D eigenvalue weighted by Gasteiger charge is 2.11. The molecule has 1 heterocycles. The fraction of sp³-hybridized carbons (Fsp3) is 0.353. The van der Waals surface area contributed by atoms with Crippen LogP contribution in [0.2, 0.25) is 0 Å². The predicted molar refractivity (Wildman–Crippen MR) is 88.6 cm³/mol. The quantitative estimate of drug-likeness (QED) is 0.818. The molecule has 0 radical (unpaired) electrons. The number of rotatable bonds is 7. The third-order valence-corrected chi connectivity index (χ3v) is 4.45. The maximum atomic E-state index is 11.5. The first-order valence-corrected chi connectivity index (χ1v) is 8.20. The average Bonchev–Trinajstić information content (AvgIpc) is 3.05. The molecule has 112 valence electrons. The fourth-order valence-electron chi connectivity index (χ4n) is 2.28. The molecule has 0 spiro atoms. The van der Waals surface area contributed by atoms with Crippen molar-refractivity contribution in [1.82, 2.24) is 10.6 Å². The zero-order valence-corrected chi connectivity index (χ0v) is 13.4. The van der Waals surface area contributed by atoms with Gasteiger partial charge in [0.15, 0.2) is 0 Å². The summed E-state index contributed by atoms with van der Waals surface area (Å²) in [7, 11) is 1.65. The summed E-state index contributed by atoms with van der Waals surface area (Å²) in [5, 5.41) is 8.37. The number of hydrogen-bond donors (Lipinski definition) is 2. The Morgan fingerprint density at radius 1 is 1.24 bits per heavy atom.